The number of nitrogens with zero attached hydrogens (tertiary/aromatic N) is 2. The smallest absolute Gasteiger partial charge is 0.277 e. The molecule has 0 spiro atoms. The van der Waals surface area contributed by atoms with E-state index in [4.69, 9.17) is 16.9 Å². The number of anilines is 1. The molecule has 1 saturated heterocycles. The topological polar surface area (TPSA) is 133 Å². The van der Waals surface area contributed by atoms with Gasteiger partial charge in [0, 0.05) is 38.0 Å². The molecule has 3 rings (SSSR count). The Labute approximate surface area is 182 Å². The number of thiazole rings is 1. The van der Waals surface area contributed by atoms with Crippen molar-refractivity contribution >= 4 is 28.5 Å². The number of halogens is 2. The lowest BCUT2D eigenvalue weighted by molar-refractivity contribution is 0.0963. The predicted molar refractivity (Wildman–Crippen MR) is 118 cm³/mol. The average molecular weight is 450 g/mol. The zero-order chi connectivity index (χ0) is 22.5. The van der Waals surface area contributed by atoms with Crippen LogP contribution in [-0.4, -0.2) is 54.4 Å². The summed E-state index contributed by atoms with van der Waals surface area (Å²) in [6.45, 7) is 0.857. The highest BCUT2D eigenvalue weighted by atomic mass is 32.1. The number of allylic oxidation sites excluding steroid dienone is 1. The summed E-state index contributed by atoms with van der Waals surface area (Å²) < 4.78 is 28.0. The van der Waals surface area contributed by atoms with Crippen LogP contribution in [0.1, 0.15) is 23.3 Å². The molecule has 1 aliphatic rings. The molecule has 1 amide bonds. The van der Waals surface area contributed by atoms with Gasteiger partial charge in [-0.3, -0.25) is 4.79 Å². The highest BCUT2D eigenvalue weighted by Gasteiger charge is 2.26. The van der Waals surface area contributed by atoms with E-state index >= 15 is 0 Å². The molecule has 1 aromatic heterocycles. The van der Waals surface area contributed by atoms with Crippen molar-refractivity contribution in [1.82, 2.24) is 20.5 Å². The normalized spacial score (nSPS) is 19.9. The summed E-state index contributed by atoms with van der Waals surface area (Å²) in [5.41, 5.74) is 12.2. The molecule has 7 N–H and O–H groups in total. The van der Waals surface area contributed by atoms with Crippen LogP contribution in [0.3, 0.4) is 0 Å². The maximum absolute atomic E-state index is 14.1. The number of nitrogen functional groups attached to an aromatic ring is 1. The molecule has 2 heterocycles. The van der Waals surface area contributed by atoms with Crippen molar-refractivity contribution in [2.45, 2.75) is 25.1 Å². The summed E-state index contributed by atoms with van der Waals surface area (Å²) in [6, 6.07) is 5.54. The SMILES string of the molecule is CN/C(=C(\C=N)NC(=O)c1nc(-c2ccccc2F)sc1N)N1CC[C@H](N)[C@@H](F)CC1. The number of benzene rings is 1. The van der Waals surface area contributed by atoms with Gasteiger partial charge >= 0.3 is 0 Å². The third kappa shape index (κ3) is 5.00. The number of likely N-dealkylation sites (tertiary alicyclic amines) is 1. The average Bonchev–Trinajstić information content (AvgIpc) is 3.07. The molecular weight excluding hydrogens is 424 g/mol. The van der Waals surface area contributed by atoms with E-state index in [1.807, 2.05) is 4.90 Å². The molecule has 0 saturated carbocycles. The summed E-state index contributed by atoms with van der Waals surface area (Å²) in [7, 11) is 1.65. The van der Waals surface area contributed by atoms with E-state index in [1.54, 1.807) is 25.2 Å². The Morgan fingerprint density at radius 3 is 2.74 bits per heavy atom. The van der Waals surface area contributed by atoms with Crippen molar-refractivity contribution < 1.29 is 13.6 Å². The number of aromatic nitrogens is 1. The van der Waals surface area contributed by atoms with Gasteiger partial charge in [-0.05, 0) is 25.0 Å². The van der Waals surface area contributed by atoms with Crippen LogP contribution in [0.5, 0.6) is 0 Å². The minimum atomic E-state index is -1.10. The molecule has 0 unspecified atom stereocenters. The van der Waals surface area contributed by atoms with Gasteiger partial charge < -0.3 is 32.4 Å². The number of hydrogen-bond acceptors (Lipinski definition) is 8. The third-order valence-electron chi connectivity index (χ3n) is 5.05. The highest BCUT2D eigenvalue weighted by Crippen LogP contribution is 2.31. The summed E-state index contributed by atoms with van der Waals surface area (Å²) in [4.78, 5) is 18.9. The number of hydrogen-bond donors (Lipinski definition) is 5. The molecule has 0 bridgehead atoms. The van der Waals surface area contributed by atoms with Crippen LogP contribution in [0.25, 0.3) is 10.6 Å². The molecule has 2 atom stereocenters. The minimum absolute atomic E-state index is 0.0558. The van der Waals surface area contributed by atoms with Crippen molar-refractivity contribution in [2.75, 3.05) is 25.9 Å². The summed E-state index contributed by atoms with van der Waals surface area (Å²) in [6.07, 6.45) is 0.572. The van der Waals surface area contributed by atoms with Gasteiger partial charge in [0.2, 0.25) is 0 Å². The van der Waals surface area contributed by atoms with E-state index in [-0.39, 0.29) is 33.4 Å². The van der Waals surface area contributed by atoms with E-state index in [9.17, 15) is 13.6 Å². The Morgan fingerprint density at radius 2 is 2.06 bits per heavy atom. The Morgan fingerprint density at radius 1 is 1.35 bits per heavy atom. The Hall–Kier alpha value is -3.05. The van der Waals surface area contributed by atoms with E-state index in [1.165, 1.54) is 6.07 Å². The van der Waals surface area contributed by atoms with Crippen molar-refractivity contribution in [1.29, 1.82) is 5.41 Å². The molecule has 2 aromatic rings. The Balaban J connectivity index is 1.85. The second kappa shape index (κ2) is 9.84. The van der Waals surface area contributed by atoms with E-state index in [0.29, 0.717) is 25.3 Å². The maximum atomic E-state index is 14.1. The maximum Gasteiger partial charge on any atom is 0.277 e. The van der Waals surface area contributed by atoms with Gasteiger partial charge in [-0.15, -0.1) is 0 Å². The molecule has 1 aliphatic heterocycles. The monoisotopic (exact) mass is 449 g/mol. The van der Waals surface area contributed by atoms with E-state index in [0.717, 1.165) is 17.6 Å². The van der Waals surface area contributed by atoms with Crippen LogP contribution in [-0.2, 0) is 0 Å². The molecule has 1 aromatic carbocycles. The first-order valence-electron chi connectivity index (χ1n) is 9.75. The zero-order valence-corrected chi connectivity index (χ0v) is 17.8. The number of nitrogens with two attached hydrogens (primary N) is 2. The standard InChI is InChI=1S/C20H25F2N7OS/c1-26-18(29-8-6-13(22)14(24)7-9-29)15(10-23)27-19(30)16-17(25)31-20(28-16)11-4-2-3-5-12(11)21/h2-5,10,13-14,23,26H,6-9,24-25H2,1H3,(H,27,30)/b18-15-,23-10?/t13-,14-/m0/s1. The van der Waals surface area contributed by atoms with Crippen LogP contribution in [0.4, 0.5) is 13.8 Å². The first-order chi connectivity index (χ1) is 14.8. The van der Waals surface area contributed by atoms with Gasteiger partial charge in [-0.25, -0.2) is 13.8 Å². The van der Waals surface area contributed by atoms with Crippen molar-refractivity contribution in [3.63, 3.8) is 0 Å². The van der Waals surface area contributed by atoms with Gasteiger partial charge in [0.1, 0.15) is 27.8 Å². The van der Waals surface area contributed by atoms with Gasteiger partial charge in [-0.2, -0.15) is 0 Å². The number of carbonyl (C=O) groups is 1. The first kappa shape index (κ1) is 22.6. The molecule has 11 heteroatoms. The predicted octanol–water partition coefficient (Wildman–Crippen LogP) is 2.06. The summed E-state index contributed by atoms with van der Waals surface area (Å²) in [5.74, 6) is -0.628. The van der Waals surface area contributed by atoms with Crippen LogP contribution in [0.2, 0.25) is 0 Å². The third-order valence-corrected chi connectivity index (χ3v) is 5.96. The first-order valence-corrected chi connectivity index (χ1v) is 10.6. The lowest BCUT2D eigenvalue weighted by atomic mass is 10.1. The number of alkyl halides is 1. The van der Waals surface area contributed by atoms with Crippen LogP contribution < -0.4 is 22.1 Å². The summed E-state index contributed by atoms with van der Waals surface area (Å²) >= 11 is 1.00. The quantitative estimate of drug-likeness (QED) is 0.429. The molecule has 166 valence electrons. The zero-order valence-electron chi connectivity index (χ0n) is 17.0. The van der Waals surface area contributed by atoms with Crippen LogP contribution >= 0.6 is 11.3 Å². The molecule has 0 radical (unpaired) electrons. The van der Waals surface area contributed by atoms with Gasteiger partial charge in [0.25, 0.3) is 5.91 Å². The Bertz CT molecular complexity index is 982. The molecule has 31 heavy (non-hydrogen) atoms. The van der Waals surface area contributed by atoms with E-state index < -0.39 is 23.9 Å². The number of carbonyl (C=O) groups excluding carboxylic acids is 1. The van der Waals surface area contributed by atoms with Gasteiger partial charge in [0.05, 0.1) is 5.70 Å². The molecule has 1 fully saturated rings. The molecular formula is C20H25F2N7OS. The fraction of sp³-hybridized carbons (Fsp3) is 0.350. The molecule has 8 nitrogen and oxygen atoms in total. The number of nitrogens with one attached hydrogen (secondary N) is 3. The second-order valence-electron chi connectivity index (χ2n) is 7.07. The molecule has 0 aliphatic carbocycles. The van der Waals surface area contributed by atoms with Crippen LogP contribution in [0, 0.1) is 11.2 Å². The lowest BCUT2D eigenvalue weighted by Crippen LogP contribution is -2.37. The number of rotatable bonds is 6. The fourth-order valence-electron chi connectivity index (χ4n) is 3.37. The highest BCUT2D eigenvalue weighted by molar-refractivity contribution is 7.19. The fourth-order valence-corrected chi connectivity index (χ4v) is 4.22. The minimum Gasteiger partial charge on any atom is -0.389 e. The van der Waals surface area contributed by atoms with Crippen LogP contribution in [0.15, 0.2) is 35.8 Å². The van der Waals surface area contributed by atoms with Gasteiger partial charge in [-0.1, -0.05) is 23.5 Å². The Kier molecular flexibility index (Phi) is 7.18. The lowest BCUT2D eigenvalue weighted by Gasteiger charge is -2.27. The largest absolute Gasteiger partial charge is 0.389 e. The second-order valence-corrected chi connectivity index (χ2v) is 8.10. The van der Waals surface area contributed by atoms with E-state index in [2.05, 4.69) is 15.6 Å². The van der Waals surface area contributed by atoms with Crippen molar-refractivity contribution in [2.24, 2.45) is 5.73 Å². The number of amides is 1. The van der Waals surface area contributed by atoms with Crippen molar-refractivity contribution in [3.8, 4) is 10.6 Å². The van der Waals surface area contributed by atoms with Gasteiger partial charge in [0.15, 0.2) is 5.69 Å². The summed E-state index contributed by atoms with van der Waals surface area (Å²) in [5, 5.41) is 13.8. The van der Waals surface area contributed by atoms with Crippen molar-refractivity contribution in [3.05, 3.63) is 47.3 Å².